The Hall–Kier alpha value is -2.52. The van der Waals surface area contributed by atoms with Crippen LogP contribution in [0.2, 0.25) is 0 Å². The van der Waals surface area contributed by atoms with E-state index in [1.54, 1.807) is 12.0 Å². The average molecular weight is 388 g/mol. The number of methoxy groups -OCH3 is 1. The summed E-state index contributed by atoms with van der Waals surface area (Å²) in [6.07, 6.45) is 1.59. The van der Waals surface area contributed by atoms with Crippen LogP contribution in [0.4, 0.5) is 10.8 Å². The van der Waals surface area contributed by atoms with Crippen LogP contribution in [0.15, 0.2) is 24.3 Å². The fourth-order valence-corrected chi connectivity index (χ4v) is 4.14. The third kappa shape index (κ3) is 3.79. The van der Waals surface area contributed by atoms with Gasteiger partial charge in [0.15, 0.2) is 0 Å². The van der Waals surface area contributed by atoms with Crippen molar-refractivity contribution in [3.05, 3.63) is 29.3 Å². The minimum atomic E-state index is -0.407. The zero-order valence-corrected chi connectivity index (χ0v) is 15.7. The molecule has 2 atom stereocenters. The molecule has 1 aromatic heterocycles. The molecule has 0 bridgehead atoms. The Balaban J connectivity index is 1.41. The number of rotatable bonds is 5. The van der Waals surface area contributed by atoms with Crippen molar-refractivity contribution in [2.24, 2.45) is 0 Å². The molecule has 0 spiro atoms. The van der Waals surface area contributed by atoms with E-state index in [1.165, 1.54) is 11.3 Å². The number of carbonyl (C=O) groups is 2. The number of anilines is 2. The van der Waals surface area contributed by atoms with Gasteiger partial charge in [-0.3, -0.25) is 14.9 Å². The van der Waals surface area contributed by atoms with Crippen molar-refractivity contribution in [1.82, 2.24) is 10.2 Å². The normalized spacial score (nSPS) is 22.3. The highest BCUT2D eigenvalue weighted by Crippen LogP contribution is 2.34. The number of carbonyl (C=O) groups excluding carboxylic acids is 2. The third-order valence-electron chi connectivity index (χ3n) is 4.75. The lowest BCUT2D eigenvalue weighted by Gasteiger charge is -2.16. The molecule has 2 aliphatic heterocycles. The number of nitrogens with one attached hydrogen (secondary N) is 1. The SMILES string of the molecule is COc1ccc(N2C[C@H](c3nnc(NC(=O)[C@@H]4CCCO4)s3)CC2=O)cc1. The lowest BCUT2D eigenvalue weighted by atomic mass is 10.1. The molecule has 2 saturated heterocycles. The molecule has 2 aromatic rings. The van der Waals surface area contributed by atoms with Crippen molar-refractivity contribution in [2.45, 2.75) is 31.3 Å². The van der Waals surface area contributed by atoms with Gasteiger partial charge in [-0.15, -0.1) is 10.2 Å². The highest BCUT2D eigenvalue weighted by molar-refractivity contribution is 7.15. The van der Waals surface area contributed by atoms with Gasteiger partial charge in [-0.1, -0.05) is 11.3 Å². The fraction of sp³-hybridized carbons (Fsp3) is 0.444. The molecule has 8 nitrogen and oxygen atoms in total. The van der Waals surface area contributed by atoms with Crippen LogP contribution in [-0.2, 0) is 14.3 Å². The van der Waals surface area contributed by atoms with Crippen molar-refractivity contribution < 1.29 is 19.1 Å². The molecule has 3 heterocycles. The minimum absolute atomic E-state index is 0.0366. The summed E-state index contributed by atoms with van der Waals surface area (Å²) in [6, 6.07) is 7.40. The van der Waals surface area contributed by atoms with E-state index < -0.39 is 6.10 Å². The summed E-state index contributed by atoms with van der Waals surface area (Å²) in [5, 5.41) is 12.2. The Morgan fingerprint density at radius 1 is 1.33 bits per heavy atom. The fourth-order valence-electron chi connectivity index (χ4n) is 3.31. The molecule has 1 aromatic carbocycles. The van der Waals surface area contributed by atoms with Gasteiger partial charge in [-0.25, -0.2) is 0 Å². The van der Waals surface area contributed by atoms with E-state index in [1.807, 2.05) is 24.3 Å². The summed E-state index contributed by atoms with van der Waals surface area (Å²) in [7, 11) is 1.61. The van der Waals surface area contributed by atoms with Crippen LogP contribution >= 0.6 is 11.3 Å². The zero-order valence-electron chi connectivity index (χ0n) is 14.9. The number of amides is 2. The molecular weight excluding hydrogens is 368 g/mol. The van der Waals surface area contributed by atoms with E-state index in [4.69, 9.17) is 9.47 Å². The van der Waals surface area contributed by atoms with Crippen LogP contribution in [0, 0.1) is 0 Å². The summed E-state index contributed by atoms with van der Waals surface area (Å²) < 4.78 is 10.5. The van der Waals surface area contributed by atoms with Crippen LogP contribution < -0.4 is 15.0 Å². The molecule has 0 saturated carbocycles. The van der Waals surface area contributed by atoms with Gasteiger partial charge in [-0.05, 0) is 37.1 Å². The number of ether oxygens (including phenoxy) is 2. The quantitative estimate of drug-likeness (QED) is 0.844. The first-order valence-electron chi connectivity index (χ1n) is 8.84. The molecule has 0 aliphatic carbocycles. The van der Waals surface area contributed by atoms with Crippen molar-refractivity contribution in [2.75, 3.05) is 30.5 Å². The predicted octanol–water partition coefficient (Wildman–Crippen LogP) is 2.18. The van der Waals surface area contributed by atoms with E-state index >= 15 is 0 Å². The molecule has 2 aliphatic rings. The topological polar surface area (TPSA) is 93.7 Å². The van der Waals surface area contributed by atoms with Gasteiger partial charge < -0.3 is 14.4 Å². The van der Waals surface area contributed by atoms with Gasteiger partial charge in [0.1, 0.15) is 16.9 Å². The molecular formula is C18H20N4O4S. The van der Waals surface area contributed by atoms with Crippen molar-refractivity contribution in [1.29, 1.82) is 0 Å². The first kappa shape index (κ1) is 17.9. The largest absolute Gasteiger partial charge is 0.497 e. The lowest BCUT2D eigenvalue weighted by molar-refractivity contribution is -0.124. The third-order valence-corrected chi connectivity index (χ3v) is 5.75. The van der Waals surface area contributed by atoms with Gasteiger partial charge in [0.25, 0.3) is 5.91 Å². The number of aromatic nitrogens is 2. The zero-order chi connectivity index (χ0) is 18.8. The maximum Gasteiger partial charge on any atom is 0.255 e. The molecule has 0 unspecified atom stereocenters. The van der Waals surface area contributed by atoms with Gasteiger partial charge in [-0.2, -0.15) is 0 Å². The second kappa shape index (κ2) is 7.61. The Bertz CT molecular complexity index is 832. The van der Waals surface area contributed by atoms with Crippen molar-refractivity contribution >= 4 is 34.0 Å². The summed E-state index contributed by atoms with van der Waals surface area (Å²) in [6.45, 7) is 1.16. The summed E-state index contributed by atoms with van der Waals surface area (Å²) in [4.78, 5) is 26.3. The van der Waals surface area contributed by atoms with Crippen LogP contribution in [0.1, 0.15) is 30.2 Å². The van der Waals surface area contributed by atoms with Gasteiger partial charge in [0, 0.05) is 31.2 Å². The second-order valence-corrected chi connectivity index (χ2v) is 7.55. The molecule has 2 amide bonds. The number of benzene rings is 1. The standard InChI is InChI=1S/C18H20N4O4S/c1-25-13-6-4-12(5-7-13)22-10-11(9-15(22)23)17-20-21-18(27-17)19-16(24)14-3-2-8-26-14/h4-7,11,14H,2-3,8-10H2,1H3,(H,19,21,24)/t11-,14+/m1/s1. The monoisotopic (exact) mass is 388 g/mol. The van der Waals surface area contributed by atoms with Crippen LogP contribution in [0.25, 0.3) is 0 Å². The van der Waals surface area contributed by atoms with E-state index in [2.05, 4.69) is 15.5 Å². The van der Waals surface area contributed by atoms with Crippen molar-refractivity contribution in [3.63, 3.8) is 0 Å². The first-order valence-corrected chi connectivity index (χ1v) is 9.66. The van der Waals surface area contributed by atoms with E-state index in [0.29, 0.717) is 24.7 Å². The van der Waals surface area contributed by atoms with E-state index in [-0.39, 0.29) is 17.7 Å². The molecule has 9 heteroatoms. The molecule has 4 rings (SSSR count). The Morgan fingerprint density at radius 2 is 2.15 bits per heavy atom. The Labute approximate surface area is 160 Å². The lowest BCUT2D eigenvalue weighted by Crippen LogP contribution is -2.26. The van der Waals surface area contributed by atoms with Crippen LogP contribution in [0.3, 0.4) is 0 Å². The Morgan fingerprint density at radius 3 is 2.85 bits per heavy atom. The van der Waals surface area contributed by atoms with Gasteiger partial charge in [0.2, 0.25) is 11.0 Å². The number of hydrogen-bond acceptors (Lipinski definition) is 7. The second-order valence-electron chi connectivity index (χ2n) is 6.54. The van der Waals surface area contributed by atoms with Gasteiger partial charge >= 0.3 is 0 Å². The molecule has 27 heavy (non-hydrogen) atoms. The maximum absolute atomic E-state index is 12.4. The summed E-state index contributed by atoms with van der Waals surface area (Å²) >= 11 is 1.31. The van der Waals surface area contributed by atoms with Gasteiger partial charge in [0.05, 0.1) is 7.11 Å². The highest BCUT2D eigenvalue weighted by atomic mass is 32.1. The summed E-state index contributed by atoms with van der Waals surface area (Å²) in [5.41, 5.74) is 0.833. The molecule has 2 fully saturated rings. The predicted molar refractivity (Wildman–Crippen MR) is 100 cm³/mol. The minimum Gasteiger partial charge on any atom is -0.497 e. The Kier molecular flexibility index (Phi) is 5.04. The summed E-state index contributed by atoms with van der Waals surface area (Å²) in [5.74, 6) is 0.575. The maximum atomic E-state index is 12.4. The molecule has 1 N–H and O–H groups in total. The number of hydrogen-bond donors (Lipinski definition) is 1. The highest BCUT2D eigenvalue weighted by Gasteiger charge is 2.34. The van der Waals surface area contributed by atoms with E-state index in [9.17, 15) is 9.59 Å². The smallest absolute Gasteiger partial charge is 0.255 e. The first-order chi connectivity index (χ1) is 13.1. The van der Waals surface area contributed by atoms with Crippen molar-refractivity contribution in [3.8, 4) is 5.75 Å². The van der Waals surface area contributed by atoms with E-state index in [0.717, 1.165) is 29.3 Å². The van der Waals surface area contributed by atoms with Crippen LogP contribution in [0.5, 0.6) is 5.75 Å². The molecule has 142 valence electrons. The average Bonchev–Trinajstić information content (AvgIpc) is 3.42. The number of nitrogens with zero attached hydrogens (tertiary/aromatic N) is 3. The molecule has 0 radical (unpaired) electrons. The van der Waals surface area contributed by atoms with Crippen LogP contribution in [-0.4, -0.2) is 48.4 Å².